The van der Waals surface area contributed by atoms with Crippen LogP contribution in [0.1, 0.15) is 18.6 Å². The summed E-state index contributed by atoms with van der Waals surface area (Å²) in [5, 5.41) is 38.9. The molecule has 1 amide bonds. The van der Waals surface area contributed by atoms with Crippen LogP contribution in [0.15, 0.2) is 24.3 Å². The number of anilines is 1. The number of amides is 1. The minimum absolute atomic E-state index is 0.0481. The van der Waals surface area contributed by atoms with Crippen LogP contribution in [0.5, 0.6) is 0 Å². The third-order valence-corrected chi connectivity index (χ3v) is 2.43. The second kappa shape index (κ2) is 6.31. The SMILES string of the molecule is CC(=O)N[C@H](CO)[C@H](O)c1ccc(N(O)O)cc1. The first kappa shape index (κ1) is 14.4. The first-order chi connectivity index (χ1) is 8.45. The van der Waals surface area contributed by atoms with E-state index in [9.17, 15) is 9.90 Å². The van der Waals surface area contributed by atoms with Crippen LogP contribution in [0.25, 0.3) is 0 Å². The van der Waals surface area contributed by atoms with E-state index in [0.717, 1.165) is 0 Å². The summed E-state index contributed by atoms with van der Waals surface area (Å²) in [5.74, 6) is -0.360. The van der Waals surface area contributed by atoms with Gasteiger partial charge in [0, 0.05) is 6.92 Å². The van der Waals surface area contributed by atoms with Crippen molar-refractivity contribution in [3.63, 3.8) is 0 Å². The predicted octanol–water partition coefficient (Wildman–Crippen LogP) is -0.198. The van der Waals surface area contributed by atoms with E-state index in [4.69, 9.17) is 15.5 Å². The molecule has 100 valence electrons. The first-order valence-corrected chi connectivity index (χ1v) is 5.29. The van der Waals surface area contributed by atoms with Crippen LogP contribution in [0.3, 0.4) is 0 Å². The van der Waals surface area contributed by atoms with Gasteiger partial charge in [-0.3, -0.25) is 15.2 Å². The fourth-order valence-electron chi connectivity index (χ4n) is 1.52. The van der Waals surface area contributed by atoms with Crippen molar-refractivity contribution in [3.8, 4) is 0 Å². The lowest BCUT2D eigenvalue weighted by Gasteiger charge is -2.22. The number of rotatable bonds is 5. The monoisotopic (exact) mass is 256 g/mol. The predicted molar refractivity (Wildman–Crippen MR) is 62.1 cm³/mol. The molecule has 1 aromatic rings. The smallest absolute Gasteiger partial charge is 0.217 e. The third kappa shape index (κ3) is 3.67. The van der Waals surface area contributed by atoms with Gasteiger partial charge >= 0.3 is 0 Å². The standard InChI is InChI=1S/C11H16N2O5/c1-7(15)12-10(6-14)11(16)8-2-4-9(5-3-8)13(17)18/h2-5,10-11,14,16-18H,6H2,1H3,(H,12,15)/t10-,11-/m1/s1. The number of carbonyl (C=O) groups excluding carboxylic acids is 1. The van der Waals surface area contributed by atoms with Crippen molar-refractivity contribution >= 4 is 11.6 Å². The molecule has 2 atom stereocenters. The Bertz CT molecular complexity index is 393. The Morgan fingerprint density at radius 2 is 1.89 bits per heavy atom. The Labute approximate surface area is 104 Å². The number of nitrogens with zero attached hydrogens (tertiary/aromatic N) is 1. The molecule has 1 rings (SSSR count). The summed E-state index contributed by atoms with van der Waals surface area (Å²) in [4.78, 5) is 10.9. The van der Waals surface area contributed by atoms with E-state index in [1.165, 1.54) is 31.2 Å². The molecular formula is C11H16N2O5. The van der Waals surface area contributed by atoms with Crippen LogP contribution in [0.2, 0.25) is 0 Å². The number of aliphatic hydroxyl groups is 2. The van der Waals surface area contributed by atoms with E-state index < -0.39 is 18.8 Å². The summed E-state index contributed by atoms with van der Waals surface area (Å²) in [5.41, 5.74) is 0.569. The van der Waals surface area contributed by atoms with Gasteiger partial charge in [0.1, 0.15) is 6.10 Å². The van der Waals surface area contributed by atoms with Gasteiger partial charge in [-0.05, 0) is 17.7 Å². The van der Waals surface area contributed by atoms with Crippen LogP contribution in [0, 0.1) is 0 Å². The Morgan fingerprint density at radius 1 is 1.33 bits per heavy atom. The lowest BCUT2D eigenvalue weighted by Crippen LogP contribution is -2.40. The Balaban J connectivity index is 2.81. The van der Waals surface area contributed by atoms with Gasteiger partial charge in [-0.2, -0.15) is 0 Å². The van der Waals surface area contributed by atoms with Crippen molar-refractivity contribution in [2.45, 2.75) is 19.1 Å². The zero-order valence-corrected chi connectivity index (χ0v) is 9.82. The van der Waals surface area contributed by atoms with Crippen LogP contribution in [-0.4, -0.2) is 39.2 Å². The summed E-state index contributed by atoms with van der Waals surface area (Å²) in [7, 11) is 0. The summed E-state index contributed by atoms with van der Waals surface area (Å²) in [6.07, 6.45) is -1.08. The largest absolute Gasteiger partial charge is 0.394 e. The summed E-state index contributed by atoms with van der Waals surface area (Å²) in [6, 6.07) is 4.86. The molecule has 7 nitrogen and oxygen atoms in total. The summed E-state index contributed by atoms with van der Waals surface area (Å²) in [6.45, 7) is 0.877. The number of hydrogen-bond donors (Lipinski definition) is 5. The molecule has 0 heterocycles. The van der Waals surface area contributed by atoms with Gasteiger partial charge in [0.25, 0.3) is 0 Å². The van der Waals surface area contributed by atoms with Crippen molar-refractivity contribution in [1.82, 2.24) is 5.32 Å². The van der Waals surface area contributed by atoms with Crippen molar-refractivity contribution in [2.75, 3.05) is 11.8 Å². The van der Waals surface area contributed by atoms with Gasteiger partial charge in [-0.15, -0.1) is 5.23 Å². The topological polar surface area (TPSA) is 113 Å². The fourth-order valence-corrected chi connectivity index (χ4v) is 1.52. The molecule has 0 spiro atoms. The maximum absolute atomic E-state index is 10.9. The molecule has 0 saturated heterocycles. The molecular weight excluding hydrogens is 240 g/mol. The van der Waals surface area contributed by atoms with Crippen LogP contribution < -0.4 is 10.5 Å². The van der Waals surface area contributed by atoms with E-state index in [0.29, 0.717) is 5.56 Å². The molecule has 0 bridgehead atoms. The highest BCUT2D eigenvalue weighted by Gasteiger charge is 2.21. The van der Waals surface area contributed by atoms with Gasteiger partial charge in [0.15, 0.2) is 0 Å². The molecule has 0 aliphatic carbocycles. The normalized spacial score (nSPS) is 13.8. The summed E-state index contributed by atoms with van der Waals surface area (Å²) >= 11 is 0. The molecule has 5 N–H and O–H groups in total. The molecule has 0 saturated carbocycles. The van der Waals surface area contributed by atoms with Crippen molar-refractivity contribution in [1.29, 1.82) is 0 Å². The van der Waals surface area contributed by atoms with Gasteiger partial charge < -0.3 is 15.5 Å². The van der Waals surface area contributed by atoms with Gasteiger partial charge in [-0.25, -0.2) is 0 Å². The highest BCUT2D eigenvalue weighted by Crippen LogP contribution is 2.20. The van der Waals surface area contributed by atoms with Crippen molar-refractivity contribution < 1.29 is 25.4 Å². The van der Waals surface area contributed by atoms with E-state index in [1.807, 2.05) is 0 Å². The molecule has 7 heteroatoms. The van der Waals surface area contributed by atoms with Gasteiger partial charge in [0.05, 0.1) is 18.3 Å². The minimum Gasteiger partial charge on any atom is -0.394 e. The molecule has 0 unspecified atom stereocenters. The number of aliphatic hydroxyl groups excluding tert-OH is 2. The van der Waals surface area contributed by atoms with E-state index >= 15 is 0 Å². The molecule has 0 aromatic heterocycles. The fraction of sp³-hybridized carbons (Fsp3) is 0.364. The Morgan fingerprint density at radius 3 is 2.28 bits per heavy atom. The summed E-state index contributed by atoms with van der Waals surface area (Å²) < 4.78 is 0. The first-order valence-electron chi connectivity index (χ1n) is 5.29. The van der Waals surface area contributed by atoms with Gasteiger partial charge in [-0.1, -0.05) is 12.1 Å². The lowest BCUT2D eigenvalue weighted by molar-refractivity contribution is -0.121. The minimum atomic E-state index is -1.08. The van der Waals surface area contributed by atoms with E-state index in [1.54, 1.807) is 0 Å². The van der Waals surface area contributed by atoms with Crippen molar-refractivity contribution in [2.24, 2.45) is 0 Å². The molecule has 0 aliphatic rings. The molecule has 18 heavy (non-hydrogen) atoms. The van der Waals surface area contributed by atoms with Crippen LogP contribution in [-0.2, 0) is 4.79 Å². The Kier molecular flexibility index (Phi) is 5.05. The van der Waals surface area contributed by atoms with Crippen LogP contribution >= 0.6 is 0 Å². The highest BCUT2D eigenvalue weighted by atomic mass is 16.8. The quantitative estimate of drug-likeness (QED) is 0.466. The maximum Gasteiger partial charge on any atom is 0.217 e. The van der Waals surface area contributed by atoms with E-state index in [-0.39, 0.29) is 16.8 Å². The van der Waals surface area contributed by atoms with Crippen LogP contribution in [0.4, 0.5) is 5.69 Å². The average Bonchev–Trinajstić information content (AvgIpc) is 2.35. The zero-order chi connectivity index (χ0) is 13.7. The van der Waals surface area contributed by atoms with Crippen molar-refractivity contribution in [3.05, 3.63) is 29.8 Å². The molecule has 0 radical (unpaired) electrons. The maximum atomic E-state index is 10.9. The third-order valence-electron chi connectivity index (χ3n) is 2.43. The number of carbonyl (C=O) groups is 1. The second-order valence-corrected chi connectivity index (χ2v) is 3.82. The highest BCUT2D eigenvalue weighted by molar-refractivity contribution is 5.73. The average molecular weight is 256 g/mol. The lowest BCUT2D eigenvalue weighted by atomic mass is 10.0. The zero-order valence-electron chi connectivity index (χ0n) is 9.82. The number of nitrogens with one attached hydrogen (secondary N) is 1. The number of hydrogen-bond acceptors (Lipinski definition) is 6. The van der Waals surface area contributed by atoms with E-state index in [2.05, 4.69) is 5.32 Å². The molecule has 0 aliphatic heterocycles. The number of benzene rings is 1. The second-order valence-electron chi connectivity index (χ2n) is 3.82. The molecule has 1 aromatic carbocycles. The van der Waals surface area contributed by atoms with Gasteiger partial charge in [0.2, 0.25) is 5.91 Å². The Hall–Kier alpha value is -1.67. The molecule has 0 fully saturated rings.